The van der Waals surface area contributed by atoms with Crippen molar-refractivity contribution in [2.24, 2.45) is 0 Å². The lowest BCUT2D eigenvalue weighted by atomic mass is 10.0. The summed E-state index contributed by atoms with van der Waals surface area (Å²) >= 11 is 0. The van der Waals surface area contributed by atoms with Crippen LogP contribution in [0.5, 0.6) is 0 Å². The highest BCUT2D eigenvalue weighted by atomic mass is 16.4. The van der Waals surface area contributed by atoms with Crippen molar-refractivity contribution in [1.82, 2.24) is 0 Å². The Hall–Kier alpha value is -1.32. The summed E-state index contributed by atoms with van der Waals surface area (Å²) in [4.78, 5) is 19.9. The molecule has 4 nitrogen and oxygen atoms in total. The van der Waals surface area contributed by atoms with Gasteiger partial charge in [-0.25, -0.2) is 4.79 Å². The van der Waals surface area contributed by atoms with Gasteiger partial charge in [0.15, 0.2) is 0 Å². The number of carboxylic acids is 2. The minimum Gasteiger partial charge on any atom is -0.481 e. The molecule has 0 amide bonds. The number of carboxylic acid groups (broad SMARTS) is 2. The molecule has 0 saturated heterocycles. The smallest absolute Gasteiger partial charge is 0.330 e. The highest BCUT2D eigenvalue weighted by Crippen LogP contribution is 2.12. The molecule has 0 aromatic heterocycles. The average Bonchev–Trinajstić information content (AvgIpc) is 2.52. The zero-order valence-electron chi connectivity index (χ0n) is 15.8. The molecule has 0 heterocycles. The maximum atomic E-state index is 10.3. The molecule has 0 aromatic rings. The first-order valence-corrected chi connectivity index (χ1v) is 9.52. The van der Waals surface area contributed by atoms with Gasteiger partial charge in [-0.1, -0.05) is 90.6 Å². The molecule has 0 aliphatic rings. The Morgan fingerprint density at radius 1 is 0.708 bits per heavy atom. The molecule has 0 rings (SSSR count). The second-order valence-electron chi connectivity index (χ2n) is 6.47. The number of carbonyl (C=O) groups is 2. The van der Waals surface area contributed by atoms with Crippen molar-refractivity contribution in [1.29, 1.82) is 0 Å². The molecular weight excluding hydrogens is 304 g/mol. The fraction of sp³-hybridized carbons (Fsp3) is 0.800. The van der Waals surface area contributed by atoms with Crippen molar-refractivity contribution in [2.45, 2.75) is 104 Å². The third-order valence-electron chi connectivity index (χ3n) is 3.86. The van der Waals surface area contributed by atoms with Crippen LogP contribution in [0.1, 0.15) is 104 Å². The van der Waals surface area contributed by atoms with Crippen LogP contribution in [0.4, 0.5) is 0 Å². The standard InChI is InChI=1S/C16H32O2.C4H6O2/c1-2-3-4-5-6-7-8-9-10-11-12-13-14-15-16(17)18;1-3(2)4(5)6/h2-15H2,1H3,(H,17,18);1H2,2H3,(H,5,6). The number of hydrogen-bond acceptors (Lipinski definition) is 2. The maximum absolute atomic E-state index is 10.3. The van der Waals surface area contributed by atoms with Gasteiger partial charge < -0.3 is 10.2 Å². The Labute approximate surface area is 148 Å². The fourth-order valence-corrected chi connectivity index (χ4v) is 2.29. The molecular formula is C20H38O4. The van der Waals surface area contributed by atoms with Crippen molar-refractivity contribution in [3.63, 3.8) is 0 Å². The molecule has 0 spiro atoms. The Balaban J connectivity index is 0. The number of aliphatic carboxylic acids is 2. The molecule has 0 unspecified atom stereocenters. The van der Waals surface area contributed by atoms with Crippen LogP contribution in [0.2, 0.25) is 0 Å². The molecule has 0 radical (unpaired) electrons. The molecule has 0 aliphatic carbocycles. The molecule has 4 heteroatoms. The van der Waals surface area contributed by atoms with Crippen LogP contribution < -0.4 is 0 Å². The van der Waals surface area contributed by atoms with Gasteiger partial charge >= 0.3 is 11.9 Å². The quantitative estimate of drug-likeness (QED) is 0.274. The Morgan fingerprint density at radius 2 is 1.00 bits per heavy atom. The van der Waals surface area contributed by atoms with Crippen molar-refractivity contribution >= 4 is 11.9 Å². The third kappa shape index (κ3) is 25.6. The van der Waals surface area contributed by atoms with E-state index in [4.69, 9.17) is 10.2 Å². The SMILES string of the molecule is C=C(C)C(=O)O.CCCCCCCCCCCCCCCC(=O)O. The fourth-order valence-electron chi connectivity index (χ4n) is 2.29. The van der Waals surface area contributed by atoms with Gasteiger partial charge in [-0.3, -0.25) is 4.79 Å². The summed E-state index contributed by atoms with van der Waals surface area (Å²) in [5.41, 5.74) is 0.176. The highest BCUT2D eigenvalue weighted by molar-refractivity contribution is 5.84. The highest BCUT2D eigenvalue weighted by Gasteiger charge is 1.96. The molecule has 142 valence electrons. The molecule has 0 saturated carbocycles. The van der Waals surface area contributed by atoms with Crippen molar-refractivity contribution in [3.05, 3.63) is 12.2 Å². The van der Waals surface area contributed by atoms with E-state index < -0.39 is 11.9 Å². The van der Waals surface area contributed by atoms with E-state index in [1.165, 1.54) is 77.6 Å². The number of rotatable bonds is 15. The summed E-state index contributed by atoms with van der Waals surface area (Å²) in [7, 11) is 0. The van der Waals surface area contributed by atoms with Crippen LogP contribution in [0.15, 0.2) is 12.2 Å². The van der Waals surface area contributed by atoms with Crippen LogP contribution in [-0.2, 0) is 9.59 Å². The molecule has 0 fully saturated rings. The minimum atomic E-state index is -0.935. The first-order chi connectivity index (χ1) is 11.4. The lowest BCUT2D eigenvalue weighted by molar-refractivity contribution is -0.137. The lowest BCUT2D eigenvalue weighted by Crippen LogP contribution is -1.93. The van der Waals surface area contributed by atoms with Crippen LogP contribution in [-0.4, -0.2) is 22.2 Å². The van der Waals surface area contributed by atoms with Gasteiger partial charge in [0.2, 0.25) is 0 Å². The van der Waals surface area contributed by atoms with Crippen LogP contribution in [0.25, 0.3) is 0 Å². The molecule has 2 N–H and O–H groups in total. The molecule has 0 atom stereocenters. The largest absolute Gasteiger partial charge is 0.481 e. The number of hydrogen-bond donors (Lipinski definition) is 2. The minimum absolute atomic E-state index is 0.176. The average molecular weight is 343 g/mol. The maximum Gasteiger partial charge on any atom is 0.330 e. The van der Waals surface area contributed by atoms with Gasteiger partial charge in [-0.05, 0) is 13.3 Å². The van der Waals surface area contributed by atoms with E-state index >= 15 is 0 Å². The first-order valence-electron chi connectivity index (χ1n) is 9.52. The topological polar surface area (TPSA) is 74.6 Å². The van der Waals surface area contributed by atoms with Gasteiger partial charge in [0.05, 0.1) is 0 Å². The normalized spacial score (nSPS) is 9.92. The zero-order chi connectivity index (χ0) is 18.6. The second-order valence-corrected chi connectivity index (χ2v) is 6.47. The summed E-state index contributed by atoms with van der Waals surface area (Å²) in [6, 6.07) is 0. The summed E-state index contributed by atoms with van der Waals surface area (Å²) in [5.74, 6) is -1.59. The van der Waals surface area contributed by atoms with Gasteiger partial charge in [0.25, 0.3) is 0 Å². The lowest BCUT2D eigenvalue weighted by Gasteiger charge is -2.02. The van der Waals surface area contributed by atoms with E-state index in [0.29, 0.717) is 6.42 Å². The van der Waals surface area contributed by atoms with Crippen molar-refractivity contribution < 1.29 is 19.8 Å². The third-order valence-corrected chi connectivity index (χ3v) is 3.86. The van der Waals surface area contributed by atoms with E-state index in [2.05, 4.69) is 13.5 Å². The predicted molar refractivity (Wildman–Crippen MR) is 100 cm³/mol. The Morgan fingerprint density at radius 3 is 1.25 bits per heavy atom. The number of unbranched alkanes of at least 4 members (excludes halogenated alkanes) is 12. The van der Waals surface area contributed by atoms with Crippen LogP contribution >= 0.6 is 0 Å². The van der Waals surface area contributed by atoms with Crippen molar-refractivity contribution in [2.75, 3.05) is 0 Å². The van der Waals surface area contributed by atoms with E-state index in [0.717, 1.165) is 12.8 Å². The second kappa shape index (κ2) is 19.7. The van der Waals surface area contributed by atoms with Crippen LogP contribution in [0.3, 0.4) is 0 Å². The molecule has 0 aliphatic heterocycles. The summed E-state index contributed by atoms with van der Waals surface area (Å²) in [6.45, 7) is 6.86. The summed E-state index contributed by atoms with van der Waals surface area (Å²) < 4.78 is 0. The zero-order valence-corrected chi connectivity index (χ0v) is 15.8. The molecule has 0 aromatic carbocycles. The van der Waals surface area contributed by atoms with Crippen LogP contribution in [0, 0.1) is 0 Å². The molecule has 0 bridgehead atoms. The Bertz CT molecular complexity index is 312. The van der Waals surface area contributed by atoms with Gasteiger partial charge in [0, 0.05) is 12.0 Å². The Kier molecular flexibility index (Phi) is 20.5. The van der Waals surface area contributed by atoms with Crippen molar-refractivity contribution in [3.8, 4) is 0 Å². The van der Waals surface area contributed by atoms with Gasteiger partial charge in [0.1, 0.15) is 0 Å². The van der Waals surface area contributed by atoms with Gasteiger partial charge in [-0.15, -0.1) is 0 Å². The monoisotopic (exact) mass is 342 g/mol. The summed E-state index contributed by atoms with van der Waals surface area (Å²) in [6.07, 6.45) is 17.3. The summed E-state index contributed by atoms with van der Waals surface area (Å²) in [5, 5.41) is 16.4. The predicted octanol–water partition coefficient (Wildman–Crippen LogP) is 6.20. The van der Waals surface area contributed by atoms with Gasteiger partial charge in [-0.2, -0.15) is 0 Å². The first kappa shape index (κ1) is 24.9. The van der Waals surface area contributed by atoms with E-state index in [1.807, 2.05) is 0 Å². The van der Waals surface area contributed by atoms with E-state index in [9.17, 15) is 9.59 Å². The van der Waals surface area contributed by atoms with E-state index in [1.54, 1.807) is 0 Å². The molecule has 24 heavy (non-hydrogen) atoms. The van der Waals surface area contributed by atoms with E-state index in [-0.39, 0.29) is 5.57 Å².